The lowest BCUT2D eigenvalue weighted by Crippen LogP contribution is -2.41. The van der Waals surface area contributed by atoms with Gasteiger partial charge in [-0.25, -0.2) is 8.42 Å². The normalized spacial score (nSPS) is 15.9. The molecule has 0 spiro atoms. The number of aromatic nitrogens is 4. The summed E-state index contributed by atoms with van der Waals surface area (Å²) in [6.07, 6.45) is 2.48. The van der Waals surface area contributed by atoms with Gasteiger partial charge in [-0.2, -0.15) is 9.40 Å². The highest BCUT2D eigenvalue weighted by Crippen LogP contribution is 2.26. The van der Waals surface area contributed by atoms with Gasteiger partial charge in [0.15, 0.2) is 0 Å². The Morgan fingerprint density at radius 1 is 1.12 bits per heavy atom. The Hall–Kier alpha value is -3.05. The van der Waals surface area contributed by atoms with Crippen molar-refractivity contribution in [3.63, 3.8) is 0 Å². The molecule has 0 bridgehead atoms. The van der Waals surface area contributed by atoms with E-state index in [-0.39, 0.29) is 47.8 Å². The number of hydrogen-bond acceptors (Lipinski definition) is 7. The fraction of sp³-hybridized carbons (Fsp3) is 0.429. The van der Waals surface area contributed by atoms with Crippen LogP contribution in [0.5, 0.6) is 0 Å². The van der Waals surface area contributed by atoms with Gasteiger partial charge in [-0.05, 0) is 51.8 Å². The van der Waals surface area contributed by atoms with Crippen molar-refractivity contribution in [2.75, 3.05) is 18.4 Å². The average molecular weight is 459 g/mol. The third-order valence-corrected chi connectivity index (χ3v) is 7.43. The molecule has 1 amide bonds. The molecule has 3 aromatic rings. The summed E-state index contributed by atoms with van der Waals surface area (Å²) in [6, 6.07) is 8.68. The van der Waals surface area contributed by atoms with Crippen molar-refractivity contribution >= 4 is 21.9 Å². The van der Waals surface area contributed by atoms with Crippen LogP contribution in [-0.2, 0) is 14.8 Å². The van der Waals surface area contributed by atoms with Gasteiger partial charge in [0.1, 0.15) is 5.69 Å². The van der Waals surface area contributed by atoms with Gasteiger partial charge >= 0.3 is 6.01 Å². The maximum atomic E-state index is 12.8. The van der Waals surface area contributed by atoms with Crippen LogP contribution < -0.4 is 5.32 Å². The molecule has 1 aliphatic heterocycles. The van der Waals surface area contributed by atoms with Crippen molar-refractivity contribution in [1.82, 2.24) is 24.3 Å². The Bertz CT molecular complexity index is 1190. The van der Waals surface area contributed by atoms with Crippen LogP contribution in [-0.4, -0.2) is 51.7 Å². The van der Waals surface area contributed by atoms with Gasteiger partial charge in [0.05, 0.1) is 4.90 Å². The van der Waals surface area contributed by atoms with Crippen LogP contribution in [0.4, 0.5) is 6.01 Å². The van der Waals surface area contributed by atoms with Gasteiger partial charge in [-0.3, -0.25) is 14.8 Å². The first-order chi connectivity index (χ1) is 15.3. The highest BCUT2D eigenvalue weighted by atomic mass is 32.2. The van der Waals surface area contributed by atoms with Crippen molar-refractivity contribution in [2.45, 2.75) is 44.6 Å². The number of nitrogens with zero attached hydrogens (tertiary/aromatic N) is 5. The molecule has 32 heavy (non-hydrogen) atoms. The van der Waals surface area contributed by atoms with E-state index in [0.717, 1.165) is 5.56 Å². The largest absolute Gasteiger partial charge is 0.401 e. The summed E-state index contributed by atoms with van der Waals surface area (Å²) in [5.74, 6) is -0.327. The first kappa shape index (κ1) is 22.2. The van der Waals surface area contributed by atoms with Crippen LogP contribution in [0.15, 0.2) is 45.8 Å². The number of benzene rings is 1. The number of anilines is 1. The van der Waals surface area contributed by atoms with Gasteiger partial charge in [-0.15, -0.1) is 5.10 Å². The van der Waals surface area contributed by atoms with E-state index in [2.05, 4.69) is 20.6 Å². The molecule has 0 radical (unpaired) electrons. The fourth-order valence-corrected chi connectivity index (χ4v) is 5.17. The van der Waals surface area contributed by atoms with E-state index >= 15 is 0 Å². The predicted octanol–water partition coefficient (Wildman–Crippen LogP) is 2.86. The number of sulfonamides is 1. The van der Waals surface area contributed by atoms with E-state index < -0.39 is 10.0 Å². The van der Waals surface area contributed by atoms with Crippen LogP contribution in [0, 0.1) is 12.8 Å². The highest BCUT2D eigenvalue weighted by Gasteiger charge is 2.32. The molecule has 1 fully saturated rings. The minimum Gasteiger partial charge on any atom is -0.401 e. The SMILES string of the molecule is Cc1ccc(S(=O)(=O)N2CCC(C(=O)Nc3nnc(-c4ccnn4C(C)C)o3)CC2)cc1. The van der Waals surface area contributed by atoms with Crippen LogP contribution in [0.25, 0.3) is 11.6 Å². The number of rotatable bonds is 6. The Balaban J connectivity index is 1.37. The quantitative estimate of drug-likeness (QED) is 0.602. The van der Waals surface area contributed by atoms with Crippen LogP contribution >= 0.6 is 0 Å². The lowest BCUT2D eigenvalue weighted by molar-refractivity contribution is -0.121. The molecular weight excluding hydrogens is 432 g/mol. The molecule has 11 heteroatoms. The maximum Gasteiger partial charge on any atom is 0.322 e. The van der Waals surface area contributed by atoms with Crippen LogP contribution in [0.1, 0.15) is 38.3 Å². The summed E-state index contributed by atoms with van der Waals surface area (Å²) < 4.78 is 34.5. The number of piperidine rings is 1. The summed E-state index contributed by atoms with van der Waals surface area (Å²) in [5, 5.41) is 14.8. The lowest BCUT2D eigenvalue weighted by atomic mass is 9.97. The van der Waals surface area contributed by atoms with Crippen molar-refractivity contribution in [2.24, 2.45) is 5.92 Å². The van der Waals surface area contributed by atoms with Gasteiger partial charge in [0.2, 0.25) is 15.9 Å². The Labute approximate surface area is 186 Å². The minimum atomic E-state index is -3.57. The molecule has 4 rings (SSSR count). The second-order valence-electron chi connectivity index (χ2n) is 8.15. The molecule has 3 heterocycles. The highest BCUT2D eigenvalue weighted by molar-refractivity contribution is 7.89. The molecule has 1 aromatic carbocycles. The smallest absolute Gasteiger partial charge is 0.322 e. The Morgan fingerprint density at radius 2 is 1.81 bits per heavy atom. The van der Waals surface area contributed by atoms with E-state index in [1.54, 1.807) is 41.2 Å². The fourth-order valence-electron chi connectivity index (χ4n) is 3.70. The molecule has 1 saturated heterocycles. The molecule has 10 nitrogen and oxygen atoms in total. The van der Waals surface area contributed by atoms with E-state index in [1.165, 1.54) is 4.31 Å². The average Bonchev–Trinajstić information content (AvgIpc) is 3.43. The molecule has 0 saturated carbocycles. The molecule has 1 N–H and O–H groups in total. The molecule has 0 aliphatic carbocycles. The van der Waals surface area contributed by atoms with E-state index in [0.29, 0.717) is 18.5 Å². The van der Waals surface area contributed by atoms with E-state index in [4.69, 9.17) is 4.42 Å². The third kappa shape index (κ3) is 4.44. The number of aryl methyl sites for hydroxylation is 1. The maximum absolute atomic E-state index is 12.8. The molecule has 2 aromatic heterocycles. The third-order valence-electron chi connectivity index (χ3n) is 5.52. The van der Waals surface area contributed by atoms with Gasteiger partial charge in [-0.1, -0.05) is 22.8 Å². The number of nitrogens with one attached hydrogen (secondary N) is 1. The van der Waals surface area contributed by atoms with Crippen molar-refractivity contribution in [3.8, 4) is 11.6 Å². The van der Waals surface area contributed by atoms with Crippen LogP contribution in [0.3, 0.4) is 0 Å². The monoisotopic (exact) mass is 458 g/mol. The van der Waals surface area contributed by atoms with E-state index in [1.807, 2.05) is 20.8 Å². The van der Waals surface area contributed by atoms with Gasteiger partial charge in [0, 0.05) is 31.2 Å². The first-order valence-electron chi connectivity index (χ1n) is 10.5. The zero-order valence-electron chi connectivity index (χ0n) is 18.2. The summed E-state index contributed by atoms with van der Waals surface area (Å²) in [7, 11) is -3.57. The first-order valence-corrected chi connectivity index (χ1v) is 11.9. The van der Waals surface area contributed by atoms with Crippen molar-refractivity contribution < 1.29 is 17.6 Å². The summed E-state index contributed by atoms with van der Waals surface area (Å²) >= 11 is 0. The van der Waals surface area contributed by atoms with Gasteiger partial charge in [0.25, 0.3) is 5.89 Å². The van der Waals surface area contributed by atoms with Crippen molar-refractivity contribution in [1.29, 1.82) is 0 Å². The van der Waals surface area contributed by atoms with E-state index in [9.17, 15) is 13.2 Å². The molecule has 170 valence electrons. The molecule has 0 unspecified atom stereocenters. The summed E-state index contributed by atoms with van der Waals surface area (Å²) in [6.45, 7) is 6.43. The topological polar surface area (TPSA) is 123 Å². The second-order valence-corrected chi connectivity index (χ2v) is 10.1. The van der Waals surface area contributed by atoms with Crippen LogP contribution in [0.2, 0.25) is 0 Å². The number of amides is 1. The Kier molecular flexibility index (Phi) is 6.11. The molecule has 0 atom stereocenters. The zero-order valence-corrected chi connectivity index (χ0v) is 19.0. The number of hydrogen-bond donors (Lipinski definition) is 1. The lowest BCUT2D eigenvalue weighted by Gasteiger charge is -2.30. The minimum absolute atomic E-state index is 0.0104. The molecule has 1 aliphatic rings. The second kappa shape index (κ2) is 8.83. The number of carbonyl (C=O) groups is 1. The predicted molar refractivity (Wildman–Crippen MR) is 117 cm³/mol. The zero-order chi connectivity index (χ0) is 22.9. The molecular formula is C21H26N6O4S. The van der Waals surface area contributed by atoms with Gasteiger partial charge < -0.3 is 4.42 Å². The summed E-state index contributed by atoms with van der Waals surface area (Å²) in [4.78, 5) is 12.9. The summed E-state index contributed by atoms with van der Waals surface area (Å²) in [5.41, 5.74) is 1.67. The Morgan fingerprint density at radius 3 is 2.47 bits per heavy atom. The standard InChI is InChI=1S/C21H26N6O4S/c1-14(2)27-18(8-11-22-27)20-24-25-21(31-20)23-19(28)16-9-12-26(13-10-16)32(29,30)17-6-4-15(3)5-7-17/h4-8,11,14,16H,9-10,12-13H2,1-3H3,(H,23,25,28). The van der Waals surface area contributed by atoms with Crippen molar-refractivity contribution in [3.05, 3.63) is 42.1 Å². The number of carbonyl (C=O) groups excluding carboxylic acids is 1.